The Balaban J connectivity index is 1.58. The lowest BCUT2D eigenvalue weighted by atomic mass is 10.1. The molecule has 0 atom stereocenters. The zero-order valence-electron chi connectivity index (χ0n) is 13.4. The van der Waals surface area contributed by atoms with Crippen molar-refractivity contribution < 1.29 is 19.1 Å². The minimum absolute atomic E-state index is 0.298. The van der Waals surface area contributed by atoms with Gasteiger partial charge < -0.3 is 9.47 Å². The van der Waals surface area contributed by atoms with E-state index in [2.05, 4.69) is 0 Å². The van der Waals surface area contributed by atoms with Gasteiger partial charge >= 0.3 is 11.9 Å². The van der Waals surface area contributed by atoms with Crippen molar-refractivity contribution >= 4 is 18.0 Å². The lowest BCUT2D eigenvalue weighted by Crippen LogP contribution is -2.11. The van der Waals surface area contributed by atoms with E-state index in [0.29, 0.717) is 12.8 Å². The standard InChI is InChI=1S/C20H20O4/c21-19(13-7-12-17-8-3-1-4-9-17)23-16-24-20(22)15-14-18-10-5-2-6-11-18/h1-6,8-11,14-15H,7,12-13,16H2/b15-14+. The summed E-state index contributed by atoms with van der Waals surface area (Å²) in [4.78, 5) is 23.1. The summed E-state index contributed by atoms with van der Waals surface area (Å²) < 4.78 is 9.72. The van der Waals surface area contributed by atoms with E-state index < -0.39 is 5.97 Å². The quantitative estimate of drug-likeness (QED) is 0.421. The zero-order chi connectivity index (χ0) is 17.0. The zero-order valence-corrected chi connectivity index (χ0v) is 13.4. The van der Waals surface area contributed by atoms with Gasteiger partial charge in [-0.3, -0.25) is 4.79 Å². The smallest absolute Gasteiger partial charge is 0.333 e. The van der Waals surface area contributed by atoms with Crippen LogP contribution < -0.4 is 0 Å². The number of carbonyl (C=O) groups is 2. The molecule has 0 spiro atoms. The lowest BCUT2D eigenvalue weighted by Gasteiger charge is -2.05. The predicted molar refractivity (Wildman–Crippen MR) is 91.9 cm³/mol. The van der Waals surface area contributed by atoms with E-state index in [1.54, 1.807) is 6.08 Å². The minimum Gasteiger partial charge on any atom is -0.428 e. The number of ether oxygens (including phenoxy) is 2. The van der Waals surface area contributed by atoms with Gasteiger partial charge in [0, 0.05) is 12.5 Å². The number of benzene rings is 2. The third-order valence-corrected chi connectivity index (χ3v) is 3.32. The molecular weight excluding hydrogens is 304 g/mol. The summed E-state index contributed by atoms with van der Waals surface area (Å²) >= 11 is 0. The maximum absolute atomic E-state index is 11.6. The van der Waals surface area contributed by atoms with Gasteiger partial charge in [-0.2, -0.15) is 0 Å². The SMILES string of the molecule is O=C(/C=C/c1ccccc1)OCOC(=O)CCCc1ccccc1. The second-order valence-corrected chi connectivity index (χ2v) is 5.18. The van der Waals surface area contributed by atoms with E-state index >= 15 is 0 Å². The van der Waals surface area contributed by atoms with Gasteiger partial charge in [-0.1, -0.05) is 60.7 Å². The molecule has 0 radical (unpaired) electrons. The van der Waals surface area contributed by atoms with Crippen LogP contribution in [0.1, 0.15) is 24.0 Å². The molecule has 124 valence electrons. The molecule has 0 saturated heterocycles. The van der Waals surface area contributed by atoms with Crippen LogP contribution in [-0.2, 0) is 25.5 Å². The molecule has 2 rings (SSSR count). The van der Waals surface area contributed by atoms with Gasteiger partial charge in [0.05, 0.1) is 0 Å². The number of hydrogen-bond donors (Lipinski definition) is 0. The molecule has 2 aromatic rings. The Bertz CT molecular complexity index is 663. The highest BCUT2D eigenvalue weighted by Crippen LogP contribution is 2.05. The van der Waals surface area contributed by atoms with E-state index in [9.17, 15) is 9.59 Å². The molecule has 0 amide bonds. The minimum atomic E-state index is -0.545. The molecule has 2 aromatic carbocycles. The van der Waals surface area contributed by atoms with Crippen LogP contribution in [0.5, 0.6) is 0 Å². The van der Waals surface area contributed by atoms with Crippen molar-refractivity contribution in [3.63, 3.8) is 0 Å². The van der Waals surface area contributed by atoms with Crippen LogP contribution in [0.15, 0.2) is 66.7 Å². The van der Waals surface area contributed by atoms with Crippen molar-refractivity contribution in [2.45, 2.75) is 19.3 Å². The summed E-state index contributed by atoms with van der Waals surface area (Å²) in [5.41, 5.74) is 2.08. The molecule has 0 N–H and O–H groups in total. The second-order valence-electron chi connectivity index (χ2n) is 5.18. The van der Waals surface area contributed by atoms with Crippen LogP contribution in [0.25, 0.3) is 6.08 Å². The maximum Gasteiger partial charge on any atom is 0.333 e. The Morgan fingerprint density at radius 2 is 1.54 bits per heavy atom. The number of esters is 2. The van der Waals surface area contributed by atoms with Crippen LogP contribution in [0.3, 0.4) is 0 Å². The van der Waals surface area contributed by atoms with Crippen molar-refractivity contribution in [2.24, 2.45) is 0 Å². The molecule has 24 heavy (non-hydrogen) atoms. The Hall–Kier alpha value is -2.88. The van der Waals surface area contributed by atoms with Crippen molar-refractivity contribution in [3.05, 3.63) is 77.9 Å². The molecule has 4 heteroatoms. The first kappa shape index (κ1) is 17.5. The van der Waals surface area contributed by atoms with Crippen molar-refractivity contribution in [3.8, 4) is 0 Å². The molecule has 0 fully saturated rings. The first-order chi connectivity index (χ1) is 11.7. The maximum atomic E-state index is 11.6. The summed E-state index contributed by atoms with van der Waals surface area (Å²) in [6.07, 6.45) is 4.76. The van der Waals surface area contributed by atoms with E-state index in [1.165, 1.54) is 11.6 Å². The Morgan fingerprint density at radius 1 is 0.875 bits per heavy atom. The third kappa shape index (κ3) is 6.92. The van der Waals surface area contributed by atoms with Crippen LogP contribution in [0.4, 0.5) is 0 Å². The average Bonchev–Trinajstić information content (AvgIpc) is 2.62. The molecule has 0 unspecified atom stereocenters. The van der Waals surface area contributed by atoms with Gasteiger partial charge in [-0.25, -0.2) is 4.79 Å². The third-order valence-electron chi connectivity index (χ3n) is 3.32. The highest BCUT2D eigenvalue weighted by molar-refractivity contribution is 5.87. The number of rotatable bonds is 8. The fraction of sp³-hybridized carbons (Fsp3) is 0.200. The van der Waals surface area contributed by atoms with E-state index in [4.69, 9.17) is 9.47 Å². The topological polar surface area (TPSA) is 52.6 Å². The number of hydrogen-bond acceptors (Lipinski definition) is 4. The van der Waals surface area contributed by atoms with E-state index in [1.807, 2.05) is 60.7 Å². The molecule has 4 nitrogen and oxygen atoms in total. The van der Waals surface area contributed by atoms with Gasteiger partial charge in [0.15, 0.2) is 0 Å². The fourth-order valence-electron chi connectivity index (χ4n) is 2.08. The molecule has 0 aliphatic carbocycles. The van der Waals surface area contributed by atoms with Crippen LogP contribution in [0.2, 0.25) is 0 Å². The first-order valence-corrected chi connectivity index (χ1v) is 7.83. The Labute approximate surface area is 141 Å². The first-order valence-electron chi connectivity index (χ1n) is 7.83. The number of carbonyl (C=O) groups excluding carboxylic acids is 2. The predicted octanol–water partition coefficient (Wildman–Crippen LogP) is 3.77. The molecule has 0 aliphatic rings. The molecule has 0 saturated carbocycles. The molecular formula is C20H20O4. The monoisotopic (exact) mass is 324 g/mol. The van der Waals surface area contributed by atoms with Gasteiger partial charge in [0.25, 0.3) is 0 Å². The highest BCUT2D eigenvalue weighted by atomic mass is 16.7. The van der Waals surface area contributed by atoms with Crippen LogP contribution in [-0.4, -0.2) is 18.7 Å². The molecule has 0 aromatic heterocycles. The van der Waals surface area contributed by atoms with Gasteiger partial charge in [0.1, 0.15) is 0 Å². The summed E-state index contributed by atoms with van der Waals surface area (Å²) in [5.74, 6) is -0.915. The average molecular weight is 324 g/mol. The summed E-state index contributed by atoms with van der Waals surface area (Å²) in [5, 5.41) is 0. The van der Waals surface area contributed by atoms with Crippen molar-refractivity contribution in [1.82, 2.24) is 0 Å². The summed E-state index contributed by atoms with van der Waals surface area (Å²) in [6.45, 7) is -0.359. The number of aryl methyl sites for hydroxylation is 1. The normalized spacial score (nSPS) is 10.5. The van der Waals surface area contributed by atoms with Crippen LogP contribution in [0, 0.1) is 0 Å². The van der Waals surface area contributed by atoms with Crippen molar-refractivity contribution in [2.75, 3.05) is 6.79 Å². The van der Waals surface area contributed by atoms with Crippen LogP contribution >= 0.6 is 0 Å². The fourth-order valence-corrected chi connectivity index (χ4v) is 2.08. The molecule has 0 aliphatic heterocycles. The van der Waals surface area contributed by atoms with Gasteiger partial charge in [-0.15, -0.1) is 0 Å². The van der Waals surface area contributed by atoms with Gasteiger partial charge in [-0.05, 0) is 30.0 Å². The van der Waals surface area contributed by atoms with Crippen molar-refractivity contribution in [1.29, 1.82) is 0 Å². The molecule has 0 bridgehead atoms. The Kier molecular flexibility index (Phi) is 7.28. The van der Waals surface area contributed by atoms with E-state index in [0.717, 1.165) is 12.0 Å². The molecule has 0 heterocycles. The Morgan fingerprint density at radius 3 is 2.25 bits per heavy atom. The largest absolute Gasteiger partial charge is 0.428 e. The highest BCUT2D eigenvalue weighted by Gasteiger charge is 2.04. The summed E-state index contributed by atoms with van der Waals surface area (Å²) in [7, 11) is 0. The summed E-state index contributed by atoms with van der Waals surface area (Å²) in [6, 6.07) is 19.3. The lowest BCUT2D eigenvalue weighted by molar-refractivity contribution is -0.163. The van der Waals surface area contributed by atoms with E-state index in [-0.39, 0.29) is 12.8 Å². The van der Waals surface area contributed by atoms with Gasteiger partial charge in [0.2, 0.25) is 6.79 Å². The second kappa shape index (κ2) is 10.0.